The number of benzene rings is 2. The van der Waals surface area contributed by atoms with Crippen LogP contribution in [0, 0.1) is 0 Å². The zero-order valence-electron chi connectivity index (χ0n) is 10.4. The third kappa shape index (κ3) is 2.10. The van der Waals surface area contributed by atoms with E-state index < -0.39 is 0 Å². The Kier molecular flexibility index (Phi) is 2.80. The Labute approximate surface area is 111 Å². The zero-order chi connectivity index (χ0) is 13.2. The van der Waals surface area contributed by atoms with Crippen LogP contribution < -0.4 is 5.73 Å². The van der Waals surface area contributed by atoms with Gasteiger partial charge in [0.05, 0.1) is 11.9 Å². The highest BCUT2D eigenvalue weighted by atomic mass is 16.1. The molecule has 94 valence electrons. The smallest absolute Gasteiger partial charge is 0.221 e. The maximum Gasteiger partial charge on any atom is 0.221 e. The Hall–Kier alpha value is -2.55. The van der Waals surface area contributed by atoms with Gasteiger partial charge in [0.15, 0.2) is 0 Å². The predicted octanol–water partition coefficient (Wildman–Crippen LogP) is 2.66. The summed E-state index contributed by atoms with van der Waals surface area (Å²) in [5, 5.41) is 1.07. The van der Waals surface area contributed by atoms with Crippen LogP contribution in [0.5, 0.6) is 0 Å². The van der Waals surface area contributed by atoms with Crippen molar-refractivity contribution >= 4 is 16.8 Å². The molecule has 1 heterocycles. The molecule has 3 heteroatoms. The van der Waals surface area contributed by atoms with Crippen molar-refractivity contribution < 1.29 is 4.79 Å². The van der Waals surface area contributed by atoms with Crippen LogP contribution in [-0.2, 0) is 11.2 Å². The lowest BCUT2D eigenvalue weighted by molar-refractivity contribution is -0.117. The number of rotatable bonds is 3. The zero-order valence-corrected chi connectivity index (χ0v) is 10.4. The summed E-state index contributed by atoms with van der Waals surface area (Å²) in [6, 6.07) is 18.1. The Balaban J connectivity index is 2.23. The second-order valence-corrected chi connectivity index (χ2v) is 4.52. The lowest BCUT2D eigenvalue weighted by Gasteiger charge is -2.04. The highest BCUT2D eigenvalue weighted by Gasteiger charge is 2.10. The summed E-state index contributed by atoms with van der Waals surface area (Å²) in [5.41, 5.74) is 8.45. The van der Waals surface area contributed by atoms with Crippen LogP contribution in [0.3, 0.4) is 0 Å². The van der Waals surface area contributed by atoms with E-state index in [1.165, 1.54) is 0 Å². The van der Waals surface area contributed by atoms with Crippen molar-refractivity contribution in [1.29, 1.82) is 0 Å². The number of nitrogens with two attached hydrogens (primary N) is 1. The monoisotopic (exact) mass is 250 g/mol. The first-order valence-electron chi connectivity index (χ1n) is 6.18. The first-order valence-corrected chi connectivity index (χ1v) is 6.18. The first-order chi connectivity index (χ1) is 9.25. The van der Waals surface area contributed by atoms with E-state index in [0.29, 0.717) is 0 Å². The maximum atomic E-state index is 11.2. The standard InChI is InChI=1S/C16H14N2O/c17-16(19)10-12-11-18(13-6-2-1-3-7-13)15-9-5-4-8-14(12)15/h1-9,11H,10H2,(H2,17,19). The third-order valence-corrected chi connectivity index (χ3v) is 3.19. The fraction of sp³-hybridized carbons (Fsp3) is 0.0625. The number of primary amides is 1. The van der Waals surface area contributed by atoms with Crippen LogP contribution in [-0.4, -0.2) is 10.5 Å². The van der Waals surface area contributed by atoms with Crippen molar-refractivity contribution in [3.05, 3.63) is 66.4 Å². The molecule has 0 unspecified atom stereocenters. The molecule has 0 bridgehead atoms. The van der Waals surface area contributed by atoms with Crippen LogP contribution in [0.25, 0.3) is 16.6 Å². The minimum Gasteiger partial charge on any atom is -0.369 e. The topological polar surface area (TPSA) is 48.0 Å². The molecule has 0 fully saturated rings. The minimum absolute atomic E-state index is 0.264. The number of carbonyl (C=O) groups is 1. The lowest BCUT2D eigenvalue weighted by atomic mass is 10.1. The molecule has 0 aliphatic carbocycles. The quantitative estimate of drug-likeness (QED) is 0.763. The van der Waals surface area contributed by atoms with Crippen molar-refractivity contribution in [2.75, 3.05) is 0 Å². The lowest BCUT2D eigenvalue weighted by Crippen LogP contribution is -2.13. The third-order valence-electron chi connectivity index (χ3n) is 3.19. The van der Waals surface area contributed by atoms with E-state index in [-0.39, 0.29) is 12.3 Å². The SMILES string of the molecule is NC(=O)Cc1cn(-c2ccccc2)c2ccccc12. The molecular weight excluding hydrogens is 236 g/mol. The van der Waals surface area contributed by atoms with Crippen LogP contribution in [0.4, 0.5) is 0 Å². The molecule has 2 N–H and O–H groups in total. The van der Waals surface area contributed by atoms with Gasteiger partial charge in [-0.15, -0.1) is 0 Å². The fourth-order valence-corrected chi connectivity index (χ4v) is 2.38. The van der Waals surface area contributed by atoms with E-state index in [9.17, 15) is 4.79 Å². The summed E-state index contributed by atoms with van der Waals surface area (Å²) in [6.45, 7) is 0. The average molecular weight is 250 g/mol. The summed E-state index contributed by atoms with van der Waals surface area (Å²) in [5.74, 6) is -0.309. The molecule has 19 heavy (non-hydrogen) atoms. The fourth-order valence-electron chi connectivity index (χ4n) is 2.38. The average Bonchev–Trinajstić information content (AvgIpc) is 2.78. The van der Waals surface area contributed by atoms with E-state index in [4.69, 9.17) is 5.73 Å². The van der Waals surface area contributed by atoms with E-state index in [0.717, 1.165) is 22.2 Å². The first kappa shape index (κ1) is 11.5. The molecule has 0 aliphatic heterocycles. The van der Waals surface area contributed by atoms with Gasteiger partial charge < -0.3 is 10.3 Å². The Morgan fingerprint density at radius 2 is 1.68 bits per heavy atom. The number of carbonyl (C=O) groups excluding carboxylic acids is 1. The van der Waals surface area contributed by atoms with E-state index in [1.807, 2.05) is 60.8 Å². The maximum absolute atomic E-state index is 11.2. The molecule has 2 aromatic carbocycles. The van der Waals surface area contributed by atoms with Crippen molar-refractivity contribution in [3.8, 4) is 5.69 Å². The van der Waals surface area contributed by atoms with Gasteiger partial charge in [0.1, 0.15) is 0 Å². The summed E-state index contributed by atoms with van der Waals surface area (Å²) < 4.78 is 2.09. The Morgan fingerprint density at radius 3 is 2.42 bits per heavy atom. The highest BCUT2D eigenvalue weighted by molar-refractivity contribution is 5.90. The van der Waals surface area contributed by atoms with Crippen molar-refractivity contribution in [3.63, 3.8) is 0 Å². The highest BCUT2D eigenvalue weighted by Crippen LogP contribution is 2.25. The molecule has 1 amide bonds. The van der Waals surface area contributed by atoms with Gasteiger partial charge in [-0.25, -0.2) is 0 Å². The number of hydrogen-bond acceptors (Lipinski definition) is 1. The summed E-state index contributed by atoms with van der Waals surface area (Å²) in [6.07, 6.45) is 2.26. The van der Waals surface area contributed by atoms with Crippen LogP contribution in [0.15, 0.2) is 60.8 Å². The molecule has 0 atom stereocenters. The van der Waals surface area contributed by atoms with Gasteiger partial charge in [-0.1, -0.05) is 36.4 Å². The normalized spacial score (nSPS) is 10.7. The van der Waals surface area contributed by atoms with E-state index in [2.05, 4.69) is 4.57 Å². The van der Waals surface area contributed by atoms with E-state index >= 15 is 0 Å². The van der Waals surface area contributed by atoms with Crippen molar-refractivity contribution in [1.82, 2.24) is 4.57 Å². The molecule has 0 radical (unpaired) electrons. The van der Waals surface area contributed by atoms with Gasteiger partial charge in [-0.2, -0.15) is 0 Å². The molecule has 0 saturated carbocycles. The molecular formula is C16H14N2O. The number of fused-ring (bicyclic) bond motifs is 1. The molecule has 3 aromatic rings. The van der Waals surface area contributed by atoms with Gasteiger partial charge in [0.25, 0.3) is 0 Å². The second-order valence-electron chi connectivity index (χ2n) is 4.52. The van der Waals surface area contributed by atoms with Crippen molar-refractivity contribution in [2.24, 2.45) is 5.73 Å². The van der Waals surface area contributed by atoms with Gasteiger partial charge in [-0.05, 0) is 23.8 Å². The molecule has 0 spiro atoms. The molecule has 3 nitrogen and oxygen atoms in total. The van der Waals surface area contributed by atoms with Crippen LogP contribution in [0.2, 0.25) is 0 Å². The molecule has 3 rings (SSSR count). The van der Waals surface area contributed by atoms with Gasteiger partial charge in [0, 0.05) is 17.3 Å². The summed E-state index contributed by atoms with van der Waals surface area (Å²) in [7, 11) is 0. The van der Waals surface area contributed by atoms with Crippen molar-refractivity contribution in [2.45, 2.75) is 6.42 Å². The van der Waals surface area contributed by atoms with Gasteiger partial charge in [0.2, 0.25) is 5.91 Å². The Bertz CT molecular complexity index is 729. The van der Waals surface area contributed by atoms with Crippen LogP contribution in [0.1, 0.15) is 5.56 Å². The molecule has 0 saturated heterocycles. The number of hydrogen-bond donors (Lipinski definition) is 1. The largest absolute Gasteiger partial charge is 0.369 e. The summed E-state index contributed by atoms with van der Waals surface area (Å²) >= 11 is 0. The Morgan fingerprint density at radius 1 is 1.00 bits per heavy atom. The number of aromatic nitrogens is 1. The van der Waals surface area contributed by atoms with E-state index in [1.54, 1.807) is 0 Å². The van der Waals surface area contributed by atoms with Crippen LogP contribution >= 0.6 is 0 Å². The predicted molar refractivity (Wildman–Crippen MR) is 76.2 cm³/mol. The summed E-state index contributed by atoms with van der Waals surface area (Å²) in [4.78, 5) is 11.2. The number of amides is 1. The second kappa shape index (κ2) is 4.61. The number of nitrogens with zero attached hydrogens (tertiary/aromatic N) is 1. The molecule has 0 aliphatic rings. The molecule has 1 aromatic heterocycles. The van der Waals surface area contributed by atoms with Gasteiger partial charge in [-0.3, -0.25) is 4.79 Å². The number of para-hydroxylation sites is 2. The minimum atomic E-state index is -0.309. The van der Waals surface area contributed by atoms with Gasteiger partial charge >= 0.3 is 0 Å².